The van der Waals surface area contributed by atoms with Crippen LogP contribution in [0.25, 0.3) is 0 Å². The second-order valence-corrected chi connectivity index (χ2v) is 7.75. The second-order valence-electron chi connectivity index (χ2n) is 7.75. The molecule has 0 saturated heterocycles. The topological polar surface area (TPSA) is 88.3 Å². The molecule has 0 amide bonds. The maximum atomic E-state index is 10.6. The Balaban J connectivity index is 1.67. The van der Waals surface area contributed by atoms with E-state index in [1.165, 1.54) is 0 Å². The van der Waals surface area contributed by atoms with Gasteiger partial charge in [0.1, 0.15) is 11.4 Å². The van der Waals surface area contributed by atoms with Crippen molar-refractivity contribution in [3.63, 3.8) is 0 Å². The summed E-state index contributed by atoms with van der Waals surface area (Å²) in [6, 6.07) is 9.52. The fourth-order valence-electron chi connectivity index (χ4n) is 2.96. The standard InChI is InChI=1S/C21H29N3O4/c1-5-22-19(24-13-21(4,25)18-7-6-10-26-18)23-12-20(2,3)15-8-9-16-17(11-15)28-14-27-16/h6-11,25H,5,12-14H2,1-4H3,(H2,22,23,24). The third-order valence-electron chi connectivity index (χ3n) is 4.78. The van der Waals surface area contributed by atoms with E-state index >= 15 is 0 Å². The van der Waals surface area contributed by atoms with Gasteiger partial charge in [0.05, 0.1) is 19.4 Å². The lowest BCUT2D eigenvalue weighted by atomic mass is 9.84. The second kappa shape index (κ2) is 8.14. The number of hydrogen-bond donors (Lipinski definition) is 3. The van der Waals surface area contributed by atoms with Crippen molar-refractivity contribution in [2.24, 2.45) is 4.99 Å². The minimum Gasteiger partial charge on any atom is -0.466 e. The summed E-state index contributed by atoms with van der Waals surface area (Å²) >= 11 is 0. The molecule has 0 spiro atoms. The molecule has 0 aliphatic carbocycles. The molecule has 0 bridgehead atoms. The molecule has 1 aliphatic rings. The van der Waals surface area contributed by atoms with Crippen LogP contribution in [-0.2, 0) is 11.0 Å². The predicted octanol–water partition coefficient (Wildman–Crippen LogP) is 2.75. The van der Waals surface area contributed by atoms with Gasteiger partial charge in [-0.1, -0.05) is 19.9 Å². The molecule has 0 fully saturated rings. The number of ether oxygens (including phenoxy) is 2. The summed E-state index contributed by atoms with van der Waals surface area (Å²) in [7, 11) is 0. The summed E-state index contributed by atoms with van der Waals surface area (Å²) in [5, 5.41) is 17.0. The molecule has 7 nitrogen and oxygen atoms in total. The van der Waals surface area contributed by atoms with Gasteiger partial charge in [0.25, 0.3) is 0 Å². The van der Waals surface area contributed by atoms with Crippen molar-refractivity contribution >= 4 is 5.96 Å². The number of furan rings is 1. The molecule has 1 aromatic carbocycles. The van der Waals surface area contributed by atoms with Crippen LogP contribution < -0.4 is 20.1 Å². The molecule has 1 unspecified atom stereocenters. The number of nitrogens with one attached hydrogen (secondary N) is 2. The first-order chi connectivity index (χ1) is 13.3. The first-order valence-electron chi connectivity index (χ1n) is 9.50. The quantitative estimate of drug-likeness (QED) is 0.500. The molecule has 7 heteroatoms. The zero-order valence-corrected chi connectivity index (χ0v) is 16.9. The first-order valence-corrected chi connectivity index (χ1v) is 9.50. The molecular weight excluding hydrogens is 358 g/mol. The highest BCUT2D eigenvalue weighted by Gasteiger charge is 2.27. The van der Waals surface area contributed by atoms with Crippen molar-refractivity contribution in [3.05, 3.63) is 47.9 Å². The number of aliphatic hydroxyl groups is 1. The summed E-state index contributed by atoms with van der Waals surface area (Å²) in [5.41, 5.74) is -0.210. The summed E-state index contributed by atoms with van der Waals surface area (Å²) in [6.07, 6.45) is 1.55. The Morgan fingerprint density at radius 3 is 2.64 bits per heavy atom. The Labute approximate surface area is 165 Å². The van der Waals surface area contributed by atoms with E-state index < -0.39 is 5.60 Å². The van der Waals surface area contributed by atoms with Crippen molar-refractivity contribution in [1.82, 2.24) is 10.6 Å². The van der Waals surface area contributed by atoms with E-state index in [9.17, 15) is 5.11 Å². The van der Waals surface area contributed by atoms with Gasteiger partial charge in [0.2, 0.25) is 6.79 Å². The zero-order chi connectivity index (χ0) is 20.2. The van der Waals surface area contributed by atoms with Gasteiger partial charge >= 0.3 is 0 Å². The Hall–Kier alpha value is -2.67. The average molecular weight is 387 g/mol. The molecule has 3 N–H and O–H groups in total. The molecule has 2 heterocycles. The number of benzene rings is 1. The van der Waals surface area contributed by atoms with Crippen LogP contribution in [0.2, 0.25) is 0 Å². The van der Waals surface area contributed by atoms with Crippen molar-refractivity contribution < 1.29 is 19.0 Å². The van der Waals surface area contributed by atoms with Crippen LogP contribution in [0.3, 0.4) is 0 Å². The highest BCUT2D eigenvalue weighted by atomic mass is 16.7. The highest BCUT2D eigenvalue weighted by Crippen LogP contribution is 2.36. The summed E-state index contributed by atoms with van der Waals surface area (Å²) in [6.45, 7) is 9.80. The summed E-state index contributed by atoms with van der Waals surface area (Å²) in [4.78, 5) is 4.72. The van der Waals surface area contributed by atoms with Crippen LogP contribution in [0.15, 0.2) is 46.0 Å². The van der Waals surface area contributed by atoms with Crippen molar-refractivity contribution in [3.8, 4) is 11.5 Å². The number of aliphatic imine (C=N–C) groups is 1. The molecule has 0 saturated carbocycles. The fraction of sp³-hybridized carbons (Fsp3) is 0.476. The maximum absolute atomic E-state index is 10.6. The zero-order valence-electron chi connectivity index (χ0n) is 16.9. The van der Waals surface area contributed by atoms with Crippen LogP contribution in [0.4, 0.5) is 0 Å². The summed E-state index contributed by atoms with van der Waals surface area (Å²) < 4.78 is 16.2. The van der Waals surface area contributed by atoms with Crippen molar-refractivity contribution in [2.75, 3.05) is 26.4 Å². The number of rotatable bonds is 7. The number of guanidine groups is 1. The van der Waals surface area contributed by atoms with E-state index in [1.807, 2.05) is 25.1 Å². The van der Waals surface area contributed by atoms with Gasteiger partial charge in [-0.3, -0.25) is 4.99 Å². The van der Waals surface area contributed by atoms with E-state index in [-0.39, 0.29) is 18.8 Å². The number of hydrogen-bond acceptors (Lipinski definition) is 5. The Morgan fingerprint density at radius 1 is 1.14 bits per heavy atom. The maximum Gasteiger partial charge on any atom is 0.231 e. The van der Waals surface area contributed by atoms with Gasteiger partial charge in [-0.25, -0.2) is 0 Å². The first kappa shape index (κ1) is 20.1. The normalized spacial score (nSPS) is 16.0. The van der Waals surface area contributed by atoms with Gasteiger partial charge in [-0.2, -0.15) is 0 Å². The fourth-order valence-corrected chi connectivity index (χ4v) is 2.96. The van der Waals surface area contributed by atoms with Crippen molar-refractivity contribution in [2.45, 2.75) is 38.7 Å². The number of fused-ring (bicyclic) bond motifs is 1. The minimum absolute atomic E-state index is 0.202. The van der Waals surface area contributed by atoms with E-state index in [0.717, 1.165) is 23.6 Å². The van der Waals surface area contributed by atoms with E-state index in [1.54, 1.807) is 25.3 Å². The predicted molar refractivity (Wildman–Crippen MR) is 108 cm³/mol. The van der Waals surface area contributed by atoms with Crippen molar-refractivity contribution in [1.29, 1.82) is 0 Å². The molecule has 1 aromatic heterocycles. The minimum atomic E-state index is -1.13. The lowest BCUT2D eigenvalue weighted by molar-refractivity contribution is 0.0386. The smallest absolute Gasteiger partial charge is 0.231 e. The van der Waals surface area contributed by atoms with Gasteiger partial charge in [-0.05, 0) is 43.7 Å². The molecule has 1 atom stereocenters. The summed E-state index contributed by atoms with van der Waals surface area (Å²) in [5.74, 6) is 2.70. The average Bonchev–Trinajstić information content (AvgIpc) is 3.35. The monoisotopic (exact) mass is 387 g/mol. The molecule has 3 rings (SSSR count). The van der Waals surface area contributed by atoms with Crippen LogP contribution in [0, 0.1) is 0 Å². The number of nitrogens with zero attached hydrogens (tertiary/aromatic N) is 1. The van der Waals surface area contributed by atoms with Crippen LogP contribution in [0.1, 0.15) is 39.0 Å². The van der Waals surface area contributed by atoms with E-state index in [0.29, 0.717) is 18.3 Å². The molecule has 152 valence electrons. The van der Waals surface area contributed by atoms with Crippen LogP contribution >= 0.6 is 0 Å². The van der Waals surface area contributed by atoms with Gasteiger partial charge in [-0.15, -0.1) is 0 Å². The van der Waals surface area contributed by atoms with Gasteiger partial charge in [0.15, 0.2) is 17.5 Å². The molecule has 0 radical (unpaired) electrons. The lowest BCUT2D eigenvalue weighted by Crippen LogP contribution is -2.45. The van der Waals surface area contributed by atoms with E-state index in [4.69, 9.17) is 18.9 Å². The molecule has 28 heavy (non-hydrogen) atoms. The third-order valence-corrected chi connectivity index (χ3v) is 4.78. The SMILES string of the molecule is CCNC(=NCC(C)(C)c1ccc2c(c1)OCO2)NCC(C)(O)c1ccco1. The van der Waals surface area contributed by atoms with Gasteiger partial charge < -0.3 is 29.6 Å². The molecular formula is C21H29N3O4. The van der Waals surface area contributed by atoms with E-state index in [2.05, 4.69) is 24.5 Å². The van der Waals surface area contributed by atoms with Crippen LogP contribution in [0.5, 0.6) is 11.5 Å². The third kappa shape index (κ3) is 4.59. The Kier molecular flexibility index (Phi) is 5.84. The highest BCUT2D eigenvalue weighted by molar-refractivity contribution is 5.79. The Morgan fingerprint density at radius 2 is 1.93 bits per heavy atom. The lowest BCUT2D eigenvalue weighted by Gasteiger charge is -2.25. The molecule has 2 aromatic rings. The van der Waals surface area contributed by atoms with Crippen LogP contribution in [-0.4, -0.2) is 37.5 Å². The molecule has 1 aliphatic heterocycles. The van der Waals surface area contributed by atoms with Gasteiger partial charge in [0, 0.05) is 12.0 Å². The Bertz CT molecular complexity index is 813. The largest absolute Gasteiger partial charge is 0.466 e.